The van der Waals surface area contributed by atoms with Crippen LogP contribution in [0, 0.1) is 0 Å². The molecule has 1 aromatic heterocycles. The van der Waals surface area contributed by atoms with E-state index in [0.29, 0.717) is 0 Å². The molecule has 4 N–H and O–H groups in total. The first-order valence-corrected chi connectivity index (χ1v) is 4.82. The third-order valence-corrected chi connectivity index (χ3v) is 2.22. The van der Waals surface area contributed by atoms with Gasteiger partial charge < -0.3 is 19.9 Å². The van der Waals surface area contributed by atoms with E-state index in [1.165, 1.54) is 0 Å². The second-order valence-electron chi connectivity index (χ2n) is 1.74. The van der Waals surface area contributed by atoms with Gasteiger partial charge in [-0.05, 0) is 15.9 Å². The van der Waals surface area contributed by atoms with Crippen LogP contribution in [0.25, 0.3) is 0 Å². The first-order chi connectivity index (χ1) is 4.91. The van der Waals surface area contributed by atoms with E-state index in [4.69, 9.17) is 14.9 Å². The highest BCUT2D eigenvalue weighted by Crippen LogP contribution is 2.33. The zero-order valence-electron chi connectivity index (χ0n) is 5.02. The van der Waals surface area contributed by atoms with Crippen molar-refractivity contribution in [1.82, 2.24) is 9.97 Å². The van der Waals surface area contributed by atoms with Gasteiger partial charge in [-0.25, -0.2) is 0 Å². The highest BCUT2D eigenvalue weighted by molar-refractivity contribution is 9.10. The van der Waals surface area contributed by atoms with Crippen LogP contribution in [0.4, 0.5) is 0 Å². The van der Waals surface area contributed by atoms with Gasteiger partial charge in [0.1, 0.15) is 4.60 Å². The third kappa shape index (κ3) is 1.81. The van der Waals surface area contributed by atoms with Crippen molar-refractivity contribution in [3.8, 4) is 5.88 Å². The van der Waals surface area contributed by atoms with E-state index in [1.54, 1.807) is 0 Å². The van der Waals surface area contributed by atoms with Crippen LogP contribution in [0.15, 0.2) is 4.60 Å². The molecule has 0 aliphatic carbocycles. The molecule has 0 unspecified atom stereocenters. The fourth-order valence-electron chi connectivity index (χ4n) is 0.469. The first kappa shape index (κ1) is 8.73. The molecular weight excluding hydrogens is 239 g/mol. The summed E-state index contributed by atoms with van der Waals surface area (Å²) in [7, 11) is -4.38. The van der Waals surface area contributed by atoms with Gasteiger partial charge in [0.2, 0.25) is 11.4 Å². The molecule has 0 fully saturated rings. The van der Waals surface area contributed by atoms with Crippen molar-refractivity contribution >= 4 is 29.1 Å². The average molecular weight is 243 g/mol. The van der Waals surface area contributed by atoms with E-state index >= 15 is 0 Å². The Labute approximate surface area is 69.6 Å². The summed E-state index contributed by atoms with van der Waals surface area (Å²) in [4.78, 5) is 22.4. The predicted octanol–water partition coefficient (Wildman–Crippen LogP) is -0.319. The smallest absolute Gasteiger partial charge is 0.391 e. The molecule has 6 nitrogen and oxygen atoms in total. The van der Waals surface area contributed by atoms with Gasteiger partial charge in [-0.2, -0.15) is 4.98 Å². The molecule has 0 atom stereocenters. The quantitative estimate of drug-likeness (QED) is 0.505. The molecule has 8 heteroatoms. The number of nitrogens with zero attached hydrogens (tertiary/aromatic N) is 1. The van der Waals surface area contributed by atoms with Crippen LogP contribution in [0.3, 0.4) is 0 Å². The van der Waals surface area contributed by atoms with E-state index in [1.807, 2.05) is 0 Å². The van der Waals surface area contributed by atoms with Crippen molar-refractivity contribution in [2.75, 3.05) is 0 Å². The molecule has 0 aliphatic heterocycles. The van der Waals surface area contributed by atoms with Gasteiger partial charge in [-0.1, -0.05) is 0 Å². The molecular formula is C3H4BrN2O4P. The van der Waals surface area contributed by atoms with Crippen LogP contribution in [0.1, 0.15) is 0 Å². The molecule has 11 heavy (non-hydrogen) atoms. The van der Waals surface area contributed by atoms with Crippen molar-refractivity contribution in [2.45, 2.75) is 0 Å². The standard InChI is InChI=1S/C3H4BrN2O4P/c4-1-2(7)6-3(5-1)11(8,9)10/h7H,(H,5,6)(H2,8,9,10). The van der Waals surface area contributed by atoms with Crippen molar-refractivity contribution in [3.05, 3.63) is 4.60 Å². The summed E-state index contributed by atoms with van der Waals surface area (Å²) in [5.41, 5.74) is -0.554. The number of aromatic amines is 1. The Balaban J connectivity index is 3.18. The lowest BCUT2D eigenvalue weighted by molar-refractivity contribution is 0.384. The number of halogens is 1. The van der Waals surface area contributed by atoms with Crippen LogP contribution in [-0.4, -0.2) is 24.9 Å². The van der Waals surface area contributed by atoms with Gasteiger partial charge in [0.05, 0.1) is 0 Å². The Morgan fingerprint density at radius 2 is 2.09 bits per heavy atom. The molecule has 0 amide bonds. The van der Waals surface area contributed by atoms with Crippen LogP contribution in [0.5, 0.6) is 5.88 Å². The minimum Gasteiger partial charge on any atom is -0.491 e. The summed E-state index contributed by atoms with van der Waals surface area (Å²) < 4.78 is 10.5. The Morgan fingerprint density at radius 1 is 1.55 bits per heavy atom. The van der Waals surface area contributed by atoms with Gasteiger partial charge in [-0.15, -0.1) is 0 Å². The van der Waals surface area contributed by atoms with Crippen LogP contribution < -0.4 is 5.57 Å². The van der Waals surface area contributed by atoms with Crippen molar-refractivity contribution < 1.29 is 19.5 Å². The van der Waals surface area contributed by atoms with Crippen molar-refractivity contribution in [3.63, 3.8) is 0 Å². The molecule has 0 bridgehead atoms. The summed E-state index contributed by atoms with van der Waals surface area (Å²) in [6.07, 6.45) is 0. The molecule has 0 spiro atoms. The maximum absolute atomic E-state index is 10.5. The lowest BCUT2D eigenvalue weighted by Crippen LogP contribution is -2.07. The predicted molar refractivity (Wildman–Crippen MR) is 39.6 cm³/mol. The molecule has 0 aromatic carbocycles. The van der Waals surface area contributed by atoms with Gasteiger partial charge in [0.15, 0.2) is 0 Å². The normalized spacial score (nSPS) is 11.9. The molecule has 62 valence electrons. The number of aromatic nitrogens is 2. The van der Waals surface area contributed by atoms with Gasteiger partial charge in [-0.3, -0.25) is 4.57 Å². The maximum Gasteiger partial charge on any atom is 0.391 e. The highest BCUT2D eigenvalue weighted by atomic mass is 79.9. The van der Waals surface area contributed by atoms with E-state index in [9.17, 15) is 4.57 Å². The number of hydrogen-bond donors (Lipinski definition) is 4. The summed E-state index contributed by atoms with van der Waals surface area (Å²) >= 11 is 2.80. The molecule has 0 saturated carbocycles. The van der Waals surface area contributed by atoms with E-state index < -0.39 is 19.0 Å². The third-order valence-electron chi connectivity index (χ3n) is 0.906. The molecule has 1 aromatic rings. The topological polar surface area (TPSA) is 106 Å². The summed E-state index contributed by atoms with van der Waals surface area (Å²) in [5.74, 6) is -0.469. The number of H-pyrrole nitrogens is 1. The van der Waals surface area contributed by atoms with Gasteiger partial charge in [0.25, 0.3) is 0 Å². The fraction of sp³-hybridized carbons (Fsp3) is 0. The largest absolute Gasteiger partial charge is 0.491 e. The lowest BCUT2D eigenvalue weighted by atomic mass is 10.9. The second-order valence-corrected chi connectivity index (χ2v) is 4.05. The van der Waals surface area contributed by atoms with Gasteiger partial charge >= 0.3 is 7.60 Å². The monoisotopic (exact) mass is 242 g/mol. The summed E-state index contributed by atoms with van der Waals surface area (Å²) in [6, 6.07) is 0. The fourth-order valence-corrected chi connectivity index (χ4v) is 1.38. The van der Waals surface area contributed by atoms with E-state index in [0.717, 1.165) is 0 Å². The molecule has 0 aliphatic rings. The minimum absolute atomic E-state index is 0.0517. The number of hydrogen-bond acceptors (Lipinski definition) is 3. The number of rotatable bonds is 1. The Kier molecular flexibility index (Phi) is 2.06. The molecule has 0 radical (unpaired) electrons. The number of aromatic hydroxyl groups is 1. The van der Waals surface area contributed by atoms with Crippen molar-refractivity contribution in [2.24, 2.45) is 0 Å². The first-order valence-electron chi connectivity index (χ1n) is 2.42. The zero-order valence-corrected chi connectivity index (χ0v) is 7.50. The Hall–Kier alpha value is -0.360. The second kappa shape index (κ2) is 2.60. The molecule has 0 saturated heterocycles. The number of nitrogens with one attached hydrogen (secondary N) is 1. The maximum atomic E-state index is 10.5. The van der Waals surface area contributed by atoms with Gasteiger partial charge in [0, 0.05) is 0 Å². The molecule has 1 rings (SSSR count). The minimum atomic E-state index is -4.38. The summed E-state index contributed by atoms with van der Waals surface area (Å²) in [5, 5.41) is 8.77. The SMILES string of the molecule is O=P(O)(O)c1nc(O)c(Br)[nH]1. The lowest BCUT2D eigenvalue weighted by Gasteiger charge is -1.95. The van der Waals surface area contributed by atoms with E-state index in [-0.39, 0.29) is 4.60 Å². The Morgan fingerprint density at radius 3 is 2.27 bits per heavy atom. The van der Waals surface area contributed by atoms with Crippen LogP contribution in [0.2, 0.25) is 0 Å². The van der Waals surface area contributed by atoms with Crippen LogP contribution >= 0.6 is 23.5 Å². The number of imidazole rings is 1. The summed E-state index contributed by atoms with van der Waals surface area (Å²) in [6.45, 7) is 0. The van der Waals surface area contributed by atoms with Crippen LogP contribution in [-0.2, 0) is 4.57 Å². The molecule has 1 heterocycles. The highest BCUT2D eigenvalue weighted by Gasteiger charge is 2.23. The zero-order chi connectivity index (χ0) is 8.65. The Bertz CT molecular complexity index is 298. The average Bonchev–Trinajstić information content (AvgIpc) is 2.11. The van der Waals surface area contributed by atoms with Crippen molar-refractivity contribution in [1.29, 1.82) is 0 Å². The van der Waals surface area contributed by atoms with E-state index in [2.05, 4.69) is 25.9 Å².